The molecule has 0 radical (unpaired) electrons. The Morgan fingerprint density at radius 1 is 1.23 bits per heavy atom. The predicted molar refractivity (Wildman–Crippen MR) is 44.1 cm³/mol. The molecule has 1 aliphatic rings. The van der Waals surface area contributed by atoms with E-state index in [1.54, 1.807) is 0 Å². The number of rotatable bonds is 3. The van der Waals surface area contributed by atoms with E-state index in [1.165, 1.54) is 0 Å². The normalized spacial score (nSPS) is 40.6. The second kappa shape index (κ2) is 4.88. The van der Waals surface area contributed by atoms with E-state index in [0.29, 0.717) is 0 Å². The van der Waals surface area contributed by atoms with Gasteiger partial charge in [0.2, 0.25) is 0 Å². The number of aliphatic hydroxyl groups excluding tert-OH is 4. The Morgan fingerprint density at radius 3 is 2.46 bits per heavy atom. The van der Waals surface area contributed by atoms with Gasteiger partial charge in [-0.1, -0.05) is 0 Å². The molecule has 0 amide bonds. The highest BCUT2D eigenvalue weighted by atomic mass is 16.5. The molecule has 0 aromatic rings. The minimum atomic E-state index is -0.963. The van der Waals surface area contributed by atoms with E-state index < -0.39 is 24.4 Å². The summed E-state index contributed by atoms with van der Waals surface area (Å²) in [5.41, 5.74) is 0. The summed E-state index contributed by atoms with van der Waals surface area (Å²) in [5.74, 6) is 0. The van der Waals surface area contributed by atoms with Crippen LogP contribution < -0.4 is 0 Å². The molecule has 78 valence electrons. The molecule has 1 rings (SSSR count). The van der Waals surface area contributed by atoms with E-state index in [2.05, 4.69) is 0 Å². The number of hydrogen-bond donors (Lipinski definition) is 4. The van der Waals surface area contributed by atoms with Crippen molar-refractivity contribution in [1.29, 1.82) is 0 Å². The standard InChI is InChI=1S/C8H16O5/c9-2-1-7-8(12)6(11)3-5(4-10)13-7/h5-12H,1-4H2. The summed E-state index contributed by atoms with van der Waals surface area (Å²) in [6.45, 7) is -0.279. The van der Waals surface area contributed by atoms with Crippen molar-refractivity contribution in [3.05, 3.63) is 0 Å². The van der Waals surface area contributed by atoms with Gasteiger partial charge in [0, 0.05) is 13.0 Å². The molecule has 1 saturated heterocycles. The van der Waals surface area contributed by atoms with E-state index in [4.69, 9.17) is 14.9 Å². The largest absolute Gasteiger partial charge is 0.396 e. The summed E-state index contributed by atoms with van der Waals surface area (Å²) in [5, 5.41) is 36.2. The third-order valence-corrected chi connectivity index (χ3v) is 2.26. The minimum absolute atomic E-state index is 0.105. The van der Waals surface area contributed by atoms with Crippen molar-refractivity contribution in [2.45, 2.75) is 37.3 Å². The van der Waals surface area contributed by atoms with Crippen molar-refractivity contribution >= 4 is 0 Å². The molecule has 0 aromatic carbocycles. The lowest BCUT2D eigenvalue weighted by molar-refractivity contribution is -0.180. The monoisotopic (exact) mass is 192 g/mol. The van der Waals surface area contributed by atoms with Crippen LogP contribution in [-0.4, -0.2) is 58.1 Å². The number of hydrogen-bond acceptors (Lipinski definition) is 5. The molecule has 0 aliphatic carbocycles. The topological polar surface area (TPSA) is 90.2 Å². The molecule has 0 bridgehead atoms. The van der Waals surface area contributed by atoms with Gasteiger partial charge in [-0.25, -0.2) is 0 Å². The first-order chi connectivity index (χ1) is 6.19. The fourth-order valence-corrected chi connectivity index (χ4v) is 1.52. The molecule has 4 N–H and O–H groups in total. The Balaban J connectivity index is 2.50. The van der Waals surface area contributed by atoms with Crippen LogP contribution in [0.25, 0.3) is 0 Å². The van der Waals surface area contributed by atoms with Crippen LogP contribution in [0.4, 0.5) is 0 Å². The zero-order chi connectivity index (χ0) is 9.84. The fourth-order valence-electron chi connectivity index (χ4n) is 1.52. The van der Waals surface area contributed by atoms with Gasteiger partial charge in [0.1, 0.15) is 6.10 Å². The van der Waals surface area contributed by atoms with Crippen molar-refractivity contribution in [3.63, 3.8) is 0 Å². The van der Waals surface area contributed by atoms with Crippen LogP contribution in [0.2, 0.25) is 0 Å². The van der Waals surface area contributed by atoms with Crippen molar-refractivity contribution < 1.29 is 25.2 Å². The molecule has 13 heavy (non-hydrogen) atoms. The van der Waals surface area contributed by atoms with Gasteiger partial charge in [-0.15, -0.1) is 0 Å². The van der Waals surface area contributed by atoms with Gasteiger partial charge in [0.05, 0.1) is 24.9 Å². The predicted octanol–water partition coefficient (Wildman–Crippen LogP) is -1.76. The summed E-state index contributed by atoms with van der Waals surface area (Å²) < 4.78 is 5.24. The van der Waals surface area contributed by atoms with Crippen molar-refractivity contribution in [1.82, 2.24) is 0 Å². The summed E-state index contributed by atoms with van der Waals surface area (Å²) in [6.07, 6.45) is -2.34. The summed E-state index contributed by atoms with van der Waals surface area (Å²) in [7, 11) is 0. The first-order valence-corrected chi connectivity index (χ1v) is 4.42. The Morgan fingerprint density at radius 2 is 1.92 bits per heavy atom. The number of ether oxygens (including phenoxy) is 1. The average molecular weight is 192 g/mol. The van der Waals surface area contributed by atoms with Crippen LogP contribution in [0.15, 0.2) is 0 Å². The van der Waals surface area contributed by atoms with Crippen LogP contribution in [0, 0.1) is 0 Å². The minimum Gasteiger partial charge on any atom is -0.396 e. The van der Waals surface area contributed by atoms with Gasteiger partial charge < -0.3 is 25.2 Å². The molecule has 1 fully saturated rings. The van der Waals surface area contributed by atoms with Crippen LogP contribution in [0.5, 0.6) is 0 Å². The van der Waals surface area contributed by atoms with Gasteiger partial charge in [-0.2, -0.15) is 0 Å². The third kappa shape index (κ3) is 2.62. The maximum atomic E-state index is 9.41. The maximum Gasteiger partial charge on any atom is 0.106 e. The van der Waals surface area contributed by atoms with Crippen molar-refractivity contribution in [2.24, 2.45) is 0 Å². The van der Waals surface area contributed by atoms with Crippen LogP contribution in [0.1, 0.15) is 12.8 Å². The van der Waals surface area contributed by atoms with E-state index in [-0.39, 0.29) is 26.1 Å². The first-order valence-electron chi connectivity index (χ1n) is 4.42. The van der Waals surface area contributed by atoms with Gasteiger partial charge in [0.15, 0.2) is 0 Å². The van der Waals surface area contributed by atoms with E-state index in [9.17, 15) is 10.2 Å². The van der Waals surface area contributed by atoms with Gasteiger partial charge in [0.25, 0.3) is 0 Å². The average Bonchev–Trinajstić information content (AvgIpc) is 2.13. The Labute approximate surface area is 76.6 Å². The summed E-state index contributed by atoms with van der Waals surface area (Å²) >= 11 is 0. The third-order valence-electron chi connectivity index (χ3n) is 2.26. The molecule has 4 unspecified atom stereocenters. The molecule has 1 aliphatic heterocycles. The second-order valence-corrected chi connectivity index (χ2v) is 3.29. The number of aliphatic hydroxyl groups is 4. The Hall–Kier alpha value is -0.200. The van der Waals surface area contributed by atoms with Gasteiger partial charge in [-0.3, -0.25) is 0 Å². The van der Waals surface area contributed by atoms with Crippen LogP contribution in [-0.2, 0) is 4.74 Å². The zero-order valence-corrected chi connectivity index (χ0v) is 7.33. The molecule has 0 saturated carbocycles. The Kier molecular flexibility index (Phi) is 4.08. The maximum absolute atomic E-state index is 9.41. The highest BCUT2D eigenvalue weighted by Gasteiger charge is 2.35. The molecular formula is C8H16O5. The first kappa shape index (κ1) is 10.9. The van der Waals surface area contributed by atoms with E-state index >= 15 is 0 Å². The highest BCUT2D eigenvalue weighted by molar-refractivity contribution is 4.84. The molecular weight excluding hydrogens is 176 g/mol. The van der Waals surface area contributed by atoms with Crippen molar-refractivity contribution in [3.8, 4) is 0 Å². The lowest BCUT2D eigenvalue weighted by Crippen LogP contribution is -2.49. The fraction of sp³-hybridized carbons (Fsp3) is 1.00. The SMILES string of the molecule is OCCC1OC(CO)CC(O)C1O. The molecule has 5 nitrogen and oxygen atoms in total. The van der Waals surface area contributed by atoms with Crippen molar-refractivity contribution in [2.75, 3.05) is 13.2 Å². The molecule has 4 atom stereocenters. The zero-order valence-electron chi connectivity index (χ0n) is 7.33. The smallest absolute Gasteiger partial charge is 0.106 e. The highest BCUT2D eigenvalue weighted by Crippen LogP contribution is 2.21. The Bertz CT molecular complexity index is 151. The van der Waals surface area contributed by atoms with E-state index in [0.717, 1.165) is 0 Å². The summed E-state index contributed by atoms with van der Waals surface area (Å²) in [6, 6.07) is 0. The summed E-state index contributed by atoms with van der Waals surface area (Å²) in [4.78, 5) is 0. The molecule has 0 aromatic heterocycles. The quantitative estimate of drug-likeness (QED) is 0.425. The molecule has 5 heteroatoms. The lowest BCUT2D eigenvalue weighted by Gasteiger charge is -2.36. The van der Waals surface area contributed by atoms with E-state index in [1.807, 2.05) is 0 Å². The second-order valence-electron chi connectivity index (χ2n) is 3.29. The lowest BCUT2D eigenvalue weighted by atomic mass is 9.96. The molecule has 0 spiro atoms. The molecule has 1 heterocycles. The van der Waals surface area contributed by atoms with Gasteiger partial charge >= 0.3 is 0 Å². The van der Waals surface area contributed by atoms with Gasteiger partial charge in [-0.05, 0) is 6.42 Å². The van der Waals surface area contributed by atoms with Crippen LogP contribution >= 0.6 is 0 Å². The van der Waals surface area contributed by atoms with Crippen LogP contribution in [0.3, 0.4) is 0 Å².